The zero-order valence-electron chi connectivity index (χ0n) is 7.91. The minimum Gasteiger partial charge on any atom is -0.432 e. The number of esters is 1. The molecule has 0 aromatic rings. The van der Waals surface area contributed by atoms with E-state index in [1.807, 2.05) is 0 Å². The molecule has 1 heterocycles. The highest BCUT2D eigenvalue weighted by Crippen LogP contribution is 2.09. The zero-order chi connectivity index (χ0) is 9.68. The van der Waals surface area contributed by atoms with Gasteiger partial charge in [0.1, 0.15) is 0 Å². The number of allylic oxidation sites excluding steroid dienone is 1. The largest absolute Gasteiger partial charge is 0.432 e. The second kappa shape index (κ2) is 4.99. The van der Waals surface area contributed by atoms with Gasteiger partial charge >= 0.3 is 5.97 Å². The van der Waals surface area contributed by atoms with Gasteiger partial charge < -0.3 is 14.2 Å². The Kier molecular flexibility index (Phi) is 3.92. The van der Waals surface area contributed by atoms with E-state index in [2.05, 4.69) is 0 Å². The Balaban J connectivity index is 2.34. The van der Waals surface area contributed by atoms with E-state index >= 15 is 0 Å². The van der Waals surface area contributed by atoms with Crippen LogP contribution in [0.3, 0.4) is 0 Å². The Labute approximate surface area is 77.5 Å². The number of carbonyl (C=O) groups is 1. The van der Waals surface area contributed by atoms with E-state index in [0.717, 1.165) is 0 Å². The van der Waals surface area contributed by atoms with Crippen LogP contribution in [0.25, 0.3) is 0 Å². The Morgan fingerprint density at radius 1 is 1.62 bits per heavy atom. The van der Waals surface area contributed by atoms with Gasteiger partial charge in [-0.2, -0.15) is 0 Å². The molecule has 0 aliphatic carbocycles. The average Bonchev–Trinajstić information content (AvgIpc) is 2.18. The van der Waals surface area contributed by atoms with Crippen LogP contribution in [0.5, 0.6) is 0 Å². The molecule has 74 valence electrons. The van der Waals surface area contributed by atoms with E-state index in [4.69, 9.17) is 14.2 Å². The summed E-state index contributed by atoms with van der Waals surface area (Å²) in [4.78, 5) is 11.2. The van der Waals surface area contributed by atoms with E-state index in [1.165, 1.54) is 0 Å². The molecule has 0 aromatic heterocycles. The predicted molar refractivity (Wildman–Crippen MR) is 45.8 cm³/mol. The van der Waals surface area contributed by atoms with Crippen molar-refractivity contribution < 1.29 is 19.0 Å². The Morgan fingerprint density at radius 3 is 2.92 bits per heavy atom. The van der Waals surface area contributed by atoms with Gasteiger partial charge in [0.25, 0.3) is 0 Å². The van der Waals surface area contributed by atoms with E-state index in [0.29, 0.717) is 18.6 Å². The lowest BCUT2D eigenvalue weighted by Crippen LogP contribution is -2.28. The number of carbonyl (C=O) groups excluding carboxylic acids is 1. The number of rotatable bonds is 2. The van der Waals surface area contributed by atoms with Crippen LogP contribution >= 0.6 is 0 Å². The Hall–Kier alpha value is -0.870. The molecule has 1 saturated heterocycles. The van der Waals surface area contributed by atoms with E-state index in [-0.39, 0.29) is 12.8 Å². The SMILES string of the molecule is CC=C(C)C(=O)OC1CCOCO1. The van der Waals surface area contributed by atoms with Gasteiger partial charge in [-0.25, -0.2) is 4.79 Å². The maximum absolute atomic E-state index is 11.2. The number of hydrogen-bond donors (Lipinski definition) is 0. The maximum atomic E-state index is 11.2. The number of hydrogen-bond acceptors (Lipinski definition) is 4. The Morgan fingerprint density at radius 2 is 2.38 bits per heavy atom. The van der Waals surface area contributed by atoms with Crippen molar-refractivity contribution in [2.75, 3.05) is 13.4 Å². The molecule has 0 N–H and O–H groups in total. The predicted octanol–water partition coefficient (Wildman–Crippen LogP) is 1.22. The highest BCUT2D eigenvalue weighted by atomic mass is 16.8. The third kappa shape index (κ3) is 3.16. The molecule has 1 unspecified atom stereocenters. The molecular weight excluding hydrogens is 172 g/mol. The first-order valence-electron chi connectivity index (χ1n) is 4.27. The van der Waals surface area contributed by atoms with Gasteiger partial charge in [0.15, 0.2) is 6.79 Å². The van der Waals surface area contributed by atoms with Crippen molar-refractivity contribution in [2.45, 2.75) is 26.6 Å². The average molecular weight is 186 g/mol. The lowest BCUT2D eigenvalue weighted by atomic mass is 10.3. The Bertz CT molecular complexity index is 204. The summed E-state index contributed by atoms with van der Waals surface area (Å²) in [5.41, 5.74) is 0.593. The quantitative estimate of drug-likeness (QED) is 0.480. The molecule has 1 rings (SSSR count). The molecule has 1 aliphatic heterocycles. The van der Waals surface area contributed by atoms with Gasteiger partial charge in [-0.15, -0.1) is 0 Å². The molecule has 0 saturated carbocycles. The van der Waals surface area contributed by atoms with Crippen LogP contribution in [-0.4, -0.2) is 25.7 Å². The monoisotopic (exact) mass is 186 g/mol. The van der Waals surface area contributed by atoms with E-state index < -0.39 is 6.29 Å². The summed E-state index contributed by atoms with van der Waals surface area (Å²) in [6.45, 7) is 4.28. The van der Waals surface area contributed by atoms with Gasteiger partial charge in [-0.3, -0.25) is 0 Å². The topological polar surface area (TPSA) is 44.8 Å². The highest BCUT2D eigenvalue weighted by molar-refractivity contribution is 5.87. The number of ether oxygens (including phenoxy) is 3. The summed E-state index contributed by atoms with van der Waals surface area (Å²) in [5.74, 6) is -0.325. The first-order valence-corrected chi connectivity index (χ1v) is 4.27. The second-order valence-corrected chi connectivity index (χ2v) is 2.79. The third-order valence-corrected chi connectivity index (χ3v) is 1.83. The van der Waals surface area contributed by atoms with Crippen LogP contribution in [0.2, 0.25) is 0 Å². The van der Waals surface area contributed by atoms with E-state index in [9.17, 15) is 4.79 Å². The minimum absolute atomic E-state index is 0.201. The normalized spacial score (nSPS) is 24.2. The van der Waals surface area contributed by atoms with Gasteiger partial charge in [-0.05, 0) is 13.8 Å². The zero-order valence-corrected chi connectivity index (χ0v) is 7.91. The smallest absolute Gasteiger partial charge is 0.335 e. The molecule has 4 nitrogen and oxygen atoms in total. The fraction of sp³-hybridized carbons (Fsp3) is 0.667. The molecule has 0 radical (unpaired) electrons. The molecule has 1 aliphatic rings. The summed E-state index contributed by atoms with van der Waals surface area (Å²) >= 11 is 0. The summed E-state index contributed by atoms with van der Waals surface area (Å²) in [6.07, 6.45) is 1.86. The first kappa shape index (κ1) is 10.2. The molecule has 0 spiro atoms. The van der Waals surface area contributed by atoms with Crippen LogP contribution in [0, 0.1) is 0 Å². The van der Waals surface area contributed by atoms with Crippen molar-refractivity contribution in [2.24, 2.45) is 0 Å². The van der Waals surface area contributed by atoms with Gasteiger partial charge in [0.05, 0.1) is 6.61 Å². The van der Waals surface area contributed by atoms with Crippen LogP contribution in [0.4, 0.5) is 0 Å². The lowest BCUT2D eigenvalue weighted by Gasteiger charge is -2.22. The summed E-state index contributed by atoms with van der Waals surface area (Å²) in [7, 11) is 0. The minimum atomic E-state index is -0.448. The molecule has 0 aromatic carbocycles. The molecule has 1 fully saturated rings. The van der Waals surface area contributed by atoms with Crippen LogP contribution in [0.1, 0.15) is 20.3 Å². The molecule has 0 amide bonds. The molecule has 4 heteroatoms. The van der Waals surface area contributed by atoms with Crippen molar-refractivity contribution in [1.82, 2.24) is 0 Å². The second-order valence-electron chi connectivity index (χ2n) is 2.79. The lowest BCUT2D eigenvalue weighted by molar-refractivity contribution is -0.230. The van der Waals surface area contributed by atoms with Crippen molar-refractivity contribution >= 4 is 5.97 Å². The molecule has 13 heavy (non-hydrogen) atoms. The van der Waals surface area contributed by atoms with Gasteiger partial charge in [0.2, 0.25) is 6.29 Å². The molecular formula is C9H14O4. The standard InChI is InChI=1S/C9H14O4/c1-3-7(2)9(10)13-8-4-5-11-6-12-8/h3,8H,4-6H2,1-2H3. The third-order valence-electron chi connectivity index (χ3n) is 1.83. The fourth-order valence-corrected chi connectivity index (χ4v) is 0.869. The van der Waals surface area contributed by atoms with Crippen LogP contribution in [0.15, 0.2) is 11.6 Å². The van der Waals surface area contributed by atoms with E-state index in [1.54, 1.807) is 19.9 Å². The molecule has 0 bridgehead atoms. The van der Waals surface area contributed by atoms with Crippen molar-refractivity contribution in [3.8, 4) is 0 Å². The van der Waals surface area contributed by atoms with Crippen LogP contribution in [-0.2, 0) is 19.0 Å². The maximum Gasteiger partial charge on any atom is 0.335 e. The van der Waals surface area contributed by atoms with Crippen LogP contribution < -0.4 is 0 Å². The van der Waals surface area contributed by atoms with Gasteiger partial charge in [0, 0.05) is 12.0 Å². The van der Waals surface area contributed by atoms with Gasteiger partial charge in [-0.1, -0.05) is 6.08 Å². The fourth-order valence-electron chi connectivity index (χ4n) is 0.869. The van der Waals surface area contributed by atoms with Crippen molar-refractivity contribution in [3.05, 3.63) is 11.6 Å². The summed E-state index contributed by atoms with van der Waals surface area (Å²) in [6, 6.07) is 0. The summed E-state index contributed by atoms with van der Waals surface area (Å²) in [5, 5.41) is 0. The van der Waals surface area contributed by atoms with Crippen molar-refractivity contribution in [1.29, 1.82) is 0 Å². The first-order chi connectivity index (χ1) is 6.24. The molecule has 1 atom stereocenters. The van der Waals surface area contributed by atoms with Crippen molar-refractivity contribution in [3.63, 3.8) is 0 Å². The summed E-state index contributed by atoms with van der Waals surface area (Å²) < 4.78 is 15.0. The highest BCUT2D eigenvalue weighted by Gasteiger charge is 2.18.